The van der Waals surface area contributed by atoms with Gasteiger partial charge in [0.15, 0.2) is 0 Å². The number of nitrogens with zero attached hydrogens (tertiary/aromatic N) is 3. The molecule has 130 valence electrons. The number of aryl methyl sites for hydroxylation is 2. The molecule has 0 unspecified atom stereocenters. The summed E-state index contributed by atoms with van der Waals surface area (Å²) >= 11 is 0. The lowest BCUT2D eigenvalue weighted by molar-refractivity contribution is 0.0996. The van der Waals surface area contributed by atoms with Gasteiger partial charge in [0.2, 0.25) is 11.9 Å². The molecular formula is C15H17N7O3. The van der Waals surface area contributed by atoms with Gasteiger partial charge < -0.3 is 21.6 Å². The van der Waals surface area contributed by atoms with Crippen LogP contribution in [0.1, 0.15) is 33.5 Å². The molecule has 2 aromatic heterocycles. The summed E-state index contributed by atoms with van der Waals surface area (Å²) in [7, 11) is 0. The summed E-state index contributed by atoms with van der Waals surface area (Å²) in [6.45, 7) is 4.03. The van der Waals surface area contributed by atoms with Crippen molar-refractivity contribution in [2.45, 2.75) is 20.4 Å². The highest BCUT2D eigenvalue weighted by atomic mass is 16.3. The van der Waals surface area contributed by atoms with Crippen LogP contribution in [0.2, 0.25) is 0 Å². The van der Waals surface area contributed by atoms with E-state index in [-0.39, 0.29) is 34.2 Å². The van der Waals surface area contributed by atoms with Crippen molar-refractivity contribution in [2.24, 2.45) is 5.73 Å². The number of nitrogen functional groups attached to an aromatic ring is 1. The predicted octanol–water partition coefficient (Wildman–Crippen LogP) is 0.727. The molecule has 1 aromatic carbocycles. The van der Waals surface area contributed by atoms with Crippen LogP contribution in [0.3, 0.4) is 0 Å². The number of amides is 2. The van der Waals surface area contributed by atoms with E-state index in [1.165, 1.54) is 16.8 Å². The summed E-state index contributed by atoms with van der Waals surface area (Å²) in [5.74, 6) is -1.31. The molecule has 3 rings (SSSR count). The van der Waals surface area contributed by atoms with Gasteiger partial charge in [0.1, 0.15) is 17.0 Å². The average Bonchev–Trinajstić information content (AvgIpc) is 3.08. The first-order valence-electron chi connectivity index (χ1n) is 7.48. The lowest BCUT2D eigenvalue weighted by atomic mass is 10.2. The normalized spacial score (nSPS) is 11.0. The van der Waals surface area contributed by atoms with Gasteiger partial charge in [-0.05, 0) is 26.0 Å². The van der Waals surface area contributed by atoms with Crippen LogP contribution in [0, 0.1) is 6.92 Å². The third-order valence-corrected chi connectivity index (χ3v) is 3.77. The number of aromatic hydroxyl groups is 1. The first-order chi connectivity index (χ1) is 11.8. The Labute approximate surface area is 141 Å². The van der Waals surface area contributed by atoms with Crippen molar-refractivity contribution >= 4 is 34.5 Å². The number of hydrogen-bond acceptors (Lipinski definition) is 6. The molecule has 0 saturated carbocycles. The van der Waals surface area contributed by atoms with E-state index in [1.54, 1.807) is 6.92 Å². The summed E-state index contributed by atoms with van der Waals surface area (Å²) in [6, 6.07) is 2.65. The topological polar surface area (TPSA) is 165 Å². The van der Waals surface area contributed by atoms with Gasteiger partial charge in [-0.1, -0.05) is 0 Å². The number of phenolic OH excluding ortho intramolecular Hbond substituents is 1. The van der Waals surface area contributed by atoms with E-state index in [4.69, 9.17) is 11.5 Å². The van der Waals surface area contributed by atoms with Crippen molar-refractivity contribution in [1.29, 1.82) is 0 Å². The minimum absolute atomic E-state index is 0.0952. The molecule has 0 spiro atoms. The van der Waals surface area contributed by atoms with E-state index in [9.17, 15) is 14.7 Å². The van der Waals surface area contributed by atoms with Gasteiger partial charge >= 0.3 is 0 Å². The number of rotatable bonds is 4. The van der Waals surface area contributed by atoms with Crippen LogP contribution in [-0.2, 0) is 6.54 Å². The molecule has 10 heteroatoms. The highest BCUT2D eigenvalue weighted by molar-refractivity contribution is 6.07. The lowest BCUT2D eigenvalue weighted by Gasteiger charge is -2.05. The van der Waals surface area contributed by atoms with Crippen molar-refractivity contribution < 1.29 is 14.7 Å². The molecule has 0 fully saturated rings. The second-order valence-electron chi connectivity index (χ2n) is 5.46. The number of imidazole rings is 1. The van der Waals surface area contributed by atoms with Gasteiger partial charge in [-0.25, -0.2) is 4.98 Å². The van der Waals surface area contributed by atoms with Gasteiger partial charge in [0, 0.05) is 12.1 Å². The van der Waals surface area contributed by atoms with Crippen LogP contribution in [0.15, 0.2) is 12.1 Å². The van der Waals surface area contributed by atoms with Crippen LogP contribution in [0.5, 0.6) is 5.75 Å². The molecule has 2 amide bonds. The fourth-order valence-corrected chi connectivity index (χ4v) is 2.53. The van der Waals surface area contributed by atoms with Crippen molar-refractivity contribution in [2.75, 3.05) is 11.1 Å². The van der Waals surface area contributed by atoms with Crippen LogP contribution < -0.4 is 16.8 Å². The Hall–Kier alpha value is -3.56. The number of anilines is 2. The van der Waals surface area contributed by atoms with E-state index in [1.807, 2.05) is 6.92 Å². The minimum Gasteiger partial charge on any atom is -0.506 e. The molecule has 3 aromatic rings. The van der Waals surface area contributed by atoms with Crippen molar-refractivity contribution in [1.82, 2.24) is 19.7 Å². The Kier molecular flexibility index (Phi) is 3.79. The Bertz CT molecular complexity index is 1000. The summed E-state index contributed by atoms with van der Waals surface area (Å²) < 4.78 is 1.49. The van der Waals surface area contributed by atoms with Crippen molar-refractivity contribution in [3.05, 3.63) is 29.1 Å². The van der Waals surface area contributed by atoms with Gasteiger partial charge in [-0.2, -0.15) is 5.10 Å². The molecule has 2 heterocycles. The highest BCUT2D eigenvalue weighted by Crippen LogP contribution is 2.26. The predicted molar refractivity (Wildman–Crippen MR) is 91.3 cm³/mol. The minimum atomic E-state index is -0.688. The Morgan fingerprint density at radius 1 is 1.40 bits per heavy atom. The van der Waals surface area contributed by atoms with E-state index < -0.39 is 11.8 Å². The number of hydrogen-bond donors (Lipinski definition) is 5. The fourth-order valence-electron chi connectivity index (χ4n) is 2.53. The average molecular weight is 343 g/mol. The summed E-state index contributed by atoms with van der Waals surface area (Å²) in [4.78, 5) is 30.7. The smallest absolute Gasteiger partial charge is 0.278 e. The number of benzene rings is 1. The third kappa shape index (κ3) is 2.73. The second kappa shape index (κ2) is 5.82. The fraction of sp³-hybridized carbons (Fsp3) is 0.200. The Morgan fingerprint density at radius 3 is 2.76 bits per heavy atom. The molecule has 25 heavy (non-hydrogen) atoms. The number of phenols is 1. The van der Waals surface area contributed by atoms with Gasteiger partial charge in [0.25, 0.3) is 5.91 Å². The Morgan fingerprint density at radius 2 is 2.12 bits per heavy atom. The van der Waals surface area contributed by atoms with Gasteiger partial charge in [-0.3, -0.25) is 19.6 Å². The van der Waals surface area contributed by atoms with Crippen LogP contribution in [0.25, 0.3) is 11.0 Å². The molecule has 0 aliphatic rings. The maximum atomic E-state index is 12.5. The second-order valence-corrected chi connectivity index (χ2v) is 5.46. The first kappa shape index (κ1) is 16.3. The number of aromatic nitrogens is 4. The van der Waals surface area contributed by atoms with E-state index >= 15 is 0 Å². The monoisotopic (exact) mass is 343 g/mol. The quantitative estimate of drug-likeness (QED) is 0.468. The summed E-state index contributed by atoms with van der Waals surface area (Å²) in [5, 5.41) is 16.7. The highest BCUT2D eigenvalue weighted by Gasteiger charge is 2.21. The molecule has 0 radical (unpaired) electrons. The molecule has 7 N–H and O–H groups in total. The van der Waals surface area contributed by atoms with Crippen LogP contribution in [0.4, 0.5) is 11.6 Å². The van der Waals surface area contributed by atoms with E-state index in [0.717, 1.165) is 0 Å². The zero-order valence-electron chi connectivity index (χ0n) is 13.6. The summed E-state index contributed by atoms with van der Waals surface area (Å²) in [6.07, 6.45) is 0. The largest absolute Gasteiger partial charge is 0.506 e. The maximum Gasteiger partial charge on any atom is 0.278 e. The Balaban J connectivity index is 1.97. The first-order valence-corrected chi connectivity index (χ1v) is 7.48. The van der Waals surface area contributed by atoms with E-state index in [2.05, 4.69) is 20.4 Å². The number of fused-ring (bicyclic) bond motifs is 1. The van der Waals surface area contributed by atoms with Crippen LogP contribution >= 0.6 is 0 Å². The third-order valence-electron chi connectivity index (χ3n) is 3.77. The standard InChI is InChI=1S/C15H17N7O3/c1-3-22-12(10(16)6(2)21-22)14(25)20-15-18-8-4-7(13(17)24)5-9(23)11(8)19-15/h4-5,23H,3,16H2,1-2H3,(H2,17,24)(H2,18,19,20,25). The van der Waals surface area contributed by atoms with E-state index in [0.29, 0.717) is 17.8 Å². The molecule has 0 saturated heterocycles. The molecule has 0 aliphatic carbocycles. The lowest BCUT2D eigenvalue weighted by Crippen LogP contribution is -2.19. The number of aromatic amines is 1. The van der Waals surface area contributed by atoms with Crippen molar-refractivity contribution in [3.8, 4) is 5.75 Å². The zero-order valence-corrected chi connectivity index (χ0v) is 13.6. The molecule has 10 nitrogen and oxygen atoms in total. The number of nitrogens with one attached hydrogen (secondary N) is 2. The number of nitrogens with two attached hydrogens (primary N) is 2. The summed E-state index contributed by atoms with van der Waals surface area (Å²) in [5.41, 5.74) is 12.9. The number of carbonyl (C=O) groups is 2. The van der Waals surface area contributed by atoms with Crippen molar-refractivity contribution in [3.63, 3.8) is 0 Å². The maximum absolute atomic E-state index is 12.5. The number of primary amides is 1. The van der Waals surface area contributed by atoms with Crippen LogP contribution in [-0.4, -0.2) is 36.7 Å². The number of carbonyl (C=O) groups excluding carboxylic acids is 2. The SMILES string of the molecule is CCn1nc(C)c(N)c1C(=O)Nc1nc2c(O)cc(C(N)=O)cc2[nH]1. The molecule has 0 atom stereocenters. The molecule has 0 bridgehead atoms. The zero-order chi connectivity index (χ0) is 18.3. The van der Waals surface area contributed by atoms with Gasteiger partial charge in [-0.15, -0.1) is 0 Å². The molecule has 0 aliphatic heterocycles. The van der Waals surface area contributed by atoms with Gasteiger partial charge in [0.05, 0.1) is 16.9 Å². The number of H-pyrrole nitrogens is 1. The molecular weight excluding hydrogens is 326 g/mol.